The van der Waals surface area contributed by atoms with Crippen LogP contribution in [0, 0.1) is 0 Å². The van der Waals surface area contributed by atoms with Gasteiger partial charge < -0.3 is 15.0 Å². The molecular weight excluding hydrogens is 248 g/mol. The number of rotatable bonds is 4. The summed E-state index contributed by atoms with van der Waals surface area (Å²) in [5, 5.41) is 3.64. The van der Waals surface area contributed by atoms with Gasteiger partial charge in [-0.1, -0.05) is 25.1 Å². The molecule has 2 atom stereocenters. The molecule has 0 bridgehead atoms. The van der Waals surface area contributed by atoms with Crippen LogP contribution in [0.15, 0.2) is 24.3 Å². The Morgan fingerprint density at radius 2 is 2.15 bits per heavy atom. The van der Waals surface area contributed by atoms with Crippen molar-refractivity contribution in [3.63, 3.8) is 0 Å². The number of anilines is 1. The molecular formula is C17H26N2O. The average Bonchev–Trinajstić information content (AvgIpc) is 2.92. The quantitative estimate of drug-likeness (QED) is 0.913. The second kappa shape index (κ2) is 6.59. The molecule has 3 nitrogen and oxygen atoms in total. The number of fused-ring (bicyclic) bond motifs is 1. The van der Waals surface area contributed by atoms with E-state index in [0.29, 0.717) is 12.1 Å². The molecule has 2 heterocycles. The topological polar surface area (TPSA) is 24.5 Å². The molecule has 0 radical (unpaired) electrons. The maximum absolute atomic E-state index is 5.83. The van der Waals surface area contributed by atoms with Crippen molar-refractivity contribution in [3.05, 3.63) is 29.8 Å². The Morgan fingerprint density at radius 3 is 2.95 bits per heavy atom. The minimum Gasteiger partial charge on any atom is -0.376 e. The number of para-hydroxylation sites is 1. The van der Waals surface area contributed by atoms with Gasteiger partial charge in [-0.2, -0.15) is 0 Å². The van der Waals surface area contributed by atoms with E-state index in [9.17, 15) is 0 Å². The number of hydrogen-bond acceptors (Lipinski definition) is 3. The predicted molar refractivity (Wildman–Crippen MR) is 83.3 cm³/mol. The van der Waals surface area contributed by atoms with Gasteiger partial charge in [0.05, 0.1) is 6.10 Å². The molecule has 1 fully saturated rings. The molecule has 1 aromatic rings. The molecule has 20 heavy (non-hydrogen) atoms. The summed E-state index contributed by atoms with van der Waals surface area (Å²) in [5.41, 5.74) is 2.87. The van der Waals surface area contributed by atoms with E-state index in [1.807, 2.05) is 0 Å². The van der Waals surface area contributed by atoms with Crippen molar-refractivity contribution < 1.29 is 4.74 Å². The Bertz CT molecular complexity index is 429. The molecule has 2 aliphatic rings. The molecule has 2 unspecified atom stereocenters. The molecule has 0 aliphatic carbocycles. The van der Waals surface area contributed by atoms with Crippen LogP contribution in [0.3, 0.4) is 0 Å². The predicted octanol–water partition coefficient (Wildman–Crippen LogP) is 3.12. The Labute approximate surface area is 122 Å². The minimum absolute atomic E-state index is 0.429. The highest BCUT2D eigenvalue weighted by atomic mass is 16.5. The number of benzene rings is 1. The Morgan fingerprint density at radius 1 is 1.25 bits per heavy atom. The fourth-order valence-electron chi connectivity index (χ4n) is 3.51. The first-order valence-corrected chi connectivity index (χ1v) is 8.07. The lowest BCUT2D eigenvalue weighted by atomic mass is 10.0. The largest absolute Gasteiger partial charge is 0.376 e. The van der Waals surface area contributed by atoms with Crippen LogP contribution in [-0.2, 0) is 4.74 Å². The molecule has 1 aromatic carbocycles. The van der Waals surface area contributed by atoms with Gasteiger partial charge in [0.1, 0.15) is 0 Å². The fraction of sp³-hybridized carbons (Fsp3) is 0.647. The maximum Gasteiger partial charge on any atom is 0.0750 e. The van der Waals surface area contributed by atoms with Crippen molar-refractivity contribution in [2.45, 2.75) is 44.8 Å². The first-order chi connectivity index (χ1) is 9.88. The second-order valence-corrected chi connectivity index (χ2v) is 5.89. The summed E-state index contributed by atoms with van der Waals surface area (Å²) in [5.74, 6) is 0. The SMILES string of the molecule is CCNC1CCCN(CC2CCCO2)c2ccccc21. The third-order valence-electron chi connectivity index (χ3n) is 4.47. The third kappa shape index (κ3) is 2.99. The van der Waals surface area contributed by atoms with Gasteiger partial charge in [-0.3, -0.25) is 0 Å². The van der Waals surface area contributed by atoms with Crippen LogP contribution in [-0.4, -0.2) is 32.3 Å². The zero-order valence-electron chi connectivity index (χ0n) is 12.5. The summed E-state index contributed by atoms with van der Waals surface area (Å²) < 4.78 is 5.83. The summed E-state index contributed by atoms with van der Waals surface area (Å²) in [7, 11) is 0. The highest BCUT2D eigenvalue weighted by Gasteiger charge is 2.25. The van der Waals surface area contributed by atoms with E-state index in [1.54, 1.807) is 0 Å². The molecule has 1 N–H and O–H groups in total. The first kappa shape index (κ1) is 13.9. The van der Waals surface area contributed by atoms with E-state index in [1.165, 1.54) is 36.9 Å². The first-order valence-electron chi connectivity index (χ1n) is 8.07. The number of nitrogens with zero attached hydrogens (tertiary/aromatic N) is 1. The van der Waals surface area contributed by atoms with E-state index in [0.717, 1.165) is 26.2 Å². The smallest absolute Gasteiger partial charge is 0.0750 e. The van der Waals surface area contributed by atoms with E-state index < -0.39 is 0 Å². The van der Waals surface area contributed by atoms with Crippen LogP contribution in [0.5, 0.6) is 0 Å². The number of nitrogens with one attached hydrogen (secondary N) is 1. The van der Waals surface area contributed by atoms with Crippen LogP contribution in [0.2, 0.25) is 0 Å². The van der Waals surface area contributed by atoms with Crippen molar-refractivity contribution in [2.24, 2.45) is 0 Å². The van der Waals surface area contributed by atoms with Gasteiger partial charge in [0.2, 0.25) is 0 Å². The Hall–Kier alpha value is -1.06. The maximum atomic E-state index is 5.83. The summed E-state index contributed by atoms with van der Waals surface area (Å²) in [6.07, 6.45) is 5.35. The van der Waals surface area contributed by atoms with Crippen molar-refractivity contribution in [1.82, 2.24) is 5.32 Å². The van der Waals surface area contributed by atoms with Crippen LogP contribution in [0.1, 0.15) is 44.2 Å². The van der Waals surface area contributed by atoms with Gasteiger partial charge in [0.25, 0.3) is 0 Å². The number of hydrogen-bond donors (Lipinski definition) is 1. The standard InChI is InChI=1S/C17H26N2O/c1-2-18-16-9-5-11-19(13-14-7-6-12-20-14)17-10-4-3-8-15(16)17/h3-4,8,10,14,16,18H,2,5-7,9,11-13H2,1H3. The normalized spacial score (nSPS) is 26.4. The van der Waals surface area contributed by atoms with Crippen LogP contribution < -0.4 is 10.2 Å². The Balaban J connectivity index is 1.81. The molecule has 3 rings (SSSR count). The zero-order valence-corrected chi connectivity index (χ0v) is 12.5. The lowest BCUT2D eigenvalue weighted by molar-refractivity contribution is 0.115. The lowest BCUT2D eigenvalue weighted by Crippen LogP contribution is -2.33. The van der Waals surface area contributed by atoms with Crippen molar-refractivity contribution in [3.8, 4) is 0 Å². The molecule has 3 heteroatoms. The van der Waals surface area contributed by atoms with Crippen LogP contribution in [0.25, 0.3) is 0 Å². The Kier molecular flexibility index (Phi) is 4.58. The molecule has 110 valence electrons. The zero-order chi connectivity index (χ0) is 13.8. The van der Waals surface area contributed by atoms with Gasteiger partial charge >= 0.3 is 0 Å². The molecule has 0 saturated carbocycles. The van der Waals surface area contributed by atoms with E-state index in [-0.39, 0.29) is 0 Å². The summed E-state index contributed by atoms with van der Waals surface area (Å²) >= 11 is 0. The minimum atomic E-state index is 0.429. The van der Waals surface area contributed by atoms with Gasteiger partial charge in [-0.25, -0.2) is 0 Å². The van der Waals surface area contributed by atoms with Crippen LogP contribution >= 0.6 is 0 Å². The third-order valence-corrected chi connectivity index (χ3v) is 4.47. The molecule has 0 amide bonds. The van der Waals surface area contributed by atoms with E-state index >= 15 is 0 Å². The molecule has 1 saturated heterocycles. The second-order valence-electron chi connectivity index (χ2n) is 5.89. The van der Waals surface area contributed by atoms with E-state index in [4.69, 9.17) is 4.74 Å². The summed E-state index contributed by atoms with van der Waals surface area (Å²) in [6.45, 7) is 6.37. The molecule has 0 spiro atoms. The molecule has 0 aromatic heterocycles. The molecule has 2 aliphatic heterocycles. The average molecular weight is 274 g/mol. The van der Waals surface area contributed by atoms with Gasteiger partial charge in [0, 0.05) is 31.4 Å². The van der Waals surface area contributed by atoms with Gasteiger partial charge in [-0.05, 0) is 43.9 Å². The highest BCUT2D eigenvalue weighted by Crippen LogP contribution is 2.33. The monoisotopic (exact) mass is 274 g/mol. The van der Waals surface area contributed by atoms with Crippen molar-refractivity contribution in [2.75, 3.05) is 31.1 Å². The lowest BCUT2D eigenvalue weighted by Gasteiger charge is -2.28. The highest BCUT2D eigenvalue weighted by molar-refractivity contribution is 5.56. The van der Waals surface area contributed by atoms with Gasteiger partial charge in [-0.15, -0.1) is 0 Å². The number of ether oxygens (including phenoxy) is 1. The van der Waals surface area contributed by atoms with Crippen molar-refractivity contribution in [1.29, 1.82) is 0 Å². The van der Waals surface area contributed by atoms with Gasteiger partial charge in [0.15, 0.2) is 0 Å². The van der Waals surface area contributed by atoms with E-state index in [2.05, 4.69) is 41.4 Å². The summed E-state index contributed by atoms with van der Waals surface area (Å²) in [6, 6.07) is 9.40. The van der Waals surface area contributed by atoms with Crippen molar-refractivity contribution >= 4 is 5.69 Å². The summed E-state index contributed by atoms with van der Waals surface area (Å²) in [4.78, 5) is 2.54. The van der Waals surface area contributed by atoms with Crippen LogP contribution in [0.4, 0.5) is 5.69 Å². The fourth-order valence-corrected chi connectivity index (χ4v) is 3.51.